The van der Waals surface area contributed by atoms with Gasteiger partial charge >= 0.3 is 0 Å². The van der Waals surface area contributed by atoms with Crippen LogP contribution in [0.5, 0.6) is 0 Å². The topological polar surface area (TPSA) is 4.93 Å². The lowest BCUT2D eigenvalue weighted by Crippen LogP contribution is -2.17. The maximum absolute atomic E-state index is 5.60. The number of hydrogen-bond donors (Lipinski definition) is 0. The van der Waals surface area contributed by atoms with E-state index in [9.17, 15) is 0 Å². The Morgan fingerprint density at radius 2 is 2.22 bits per heavy atom. The summed E-state index contributed by atoms with van der Waals surface area (Å²) in [5.41, 5.74) is 0.838. The molecule has 0 atom stereocenters. The molecule has 1 aromatic heterocycles. The summed E-state index contributed by atoms with van der Waals surface area (Å²) in [6.45, 7) is 4.22. The van der Waals surface area contributed by atoms with E-state index in [1.54, 1.807) is 0 Å². The van der Waals surface area contributed by atoms with Crippen LogP contribution >= 0.6 is 0 Å². The second-order valence-corrected chi connectivity index (χ2v) is 2.43. The van der Waals surface area contributed by atoms with Crippen LogP contribution in [-0.4, -0.2) is 12.4 Å². The van der Waals surface area contributed by atoms with Gasteiger partial charge in [0.1, 0.15) is 7.85 Å². The summed E-state index contributed by atoms with van der Waals surface area (Å²) in [5, 5.41) is 0. The van der Waals surface area contributed by atoms with Gasteiger partial charge in [0.05, 0.1) is 0 Å². The lowest BCUT2D eigenvalue weighted by Gasteiger charge is -2.09. The van der Waals surface area contributed by atoms with Gasteiger partial charge in [-0.15, -0.1) is 0 Å². The molecule has 0 aliphatic heterocycles. The van der Waals surface area contributed by atoms with Gasteiger partial charge in [-0.2, -0.15) is 0 Å². The van der Waals surface area contributed by atoms with E-state index in [1.807, 2.05) is 22.9 Å². The summed E-state index contributed by atoms with van der Waals surface area (Å²) in [6.07, 6.45) is 1.99. The Labute approximate surface area is 57.1 Å². The maximum Gasteiger partial charge on any atom is 0.138 e. The zero-order valence-corrected chi connectivity index (χ0v) is 5.83. The molecule has 0 aliphatic rings. The SMILES string of the molecule is [B]c1cccn1C(C)C. The quantitative estimate of drug-likeness (QED) is 0.483. The summed E-state index contributed by atoms with van der Waals surface area (Å²) in [6, 6.07) is 4.33. The molecule has 2 heteroatoms. The Bertz CT molecular complexity index is 191. The molecule has 0 fully saturated rings. The van der Waals surface area contributed by atoms with Crippen LogP contribution in [0.15, 0.2) is 18.3 Å². The largest absolute Gasteiger partial charge is 0.359 e. The monoisotopic (exact) mass is 119 g/mol. The second-order valence-electron chi connectivity index (χ2n) is 2.43. The lowest BCUT2D eigenvalue weighted by atomic mass is 10.1. The number of rotatable bonds is 1. The summed E-state index contributed by atoms with van der Waals surface area (Å²) in [5.74, 6) is 0. The molecule has 1 heterocycles. The van der Waals surface area contributed by atoms with Crippen molar-refractivity contribution in [3.05, 3.63) is 18.3 Å². The zero-order chi connectivity index (χ0) is 6.85. The molecule has 0 aliphatic carbocycles. The Balaban J connectivity index is 2.94. The highest BCUT2D eigenvalue weighted by Gasteiger charge is 1.96. The Morgan fingerprint density at radius 3 is 2.44 bits per heavy atom. The van der Waals surface area contributed by atoms with E-state index in [0.29, 0.717) is 6.04 Å². The van der Waals surface area contributed by atoms with Crippen molar-refractivity contribution in [1.82, 2.24) is 4.57 Å². The van der Waals surface area contributed by atoms with Crippen molar-refractivity contribution in [3.8, 4) is 0 Å². The smallest absolute Gasteiger partial charge is 0.138 e. The van der Waals surface area contributed by atoms with Crippen molar-refractivity contribution in [2.75, 3.05) is 0 Å². The first kappa shape index (κ1) is 6.46. The predicted molar refractivity (Wildman–Crippen MR) is 40.2 cm³/mol. The van der Waals surface area contributed by atoms with Gasteiger partial charge in [-0.05, 0) is 25.5 Å². The highest BCUT2D eigenvalue weighted by atomic mass is 15.0. The molecule has 0 N–H and O–H groups in total. The van der Waals surface area contributed by atoms with Crippen molar-refractivity contribution in [2.24, 2.45) is 0 Å². The molecule has 0 unspecified atom stereocenters. The Morgan fingerprint density at radius 1 is 1.56 bits per heavy atom. The maximum atomic E-state index is 5.60. The van der Waals surface area contributed by atoms with Crippen LogP contribution in [0.4, 0.5) is 0 Å². The fourth-order valence-corrected chi connectivity index (χ4v) is 0.877. The third-order valence-electron chi connectivity index (χ3n) is 1.37. The van der Waals surface area contributed by atoms with Crippen molar-refractivity contribution < 1.29 is 0 Å². The number of nitrogens with zero attached hydrogens (tertiary/aromatic N) is 1. The molecule has 0 amide bonds. The summed E-state index contributed by atoms with van der Waals surface area (Å²) in [7, 11) is 5.60. The van der Waals surface area contributed by atoms with Crippen LogP contribution in [0.3, 0.4) is 0 Å². The van der Waals surface area contributed by atoms with E-state index >= 15 is 0 Å². The van der Waals surface area contributed by atoms with Crippen molar-refractivity contribution >= 4 is 13.4 Å². The van der Waals surface area contributed by atoms with Gasteiger partial charge in [-0.3, -0.25) is 0 Å². The fourth-order valence-electron chi connectivity index (χ4n) is 0.877. The molecule has 0 aromatic carbocycles. The van der Waals surface area contributed by atoms with Crippen LogP contribution in [0.2, 0.25) is 0 Å². The molecular weight excluding hydrogens is 109 g/mol. The molecule has 2 radical (unpaired) electrons. The molecule has 0 spiro atoms. The summed E-state index contributed by atoms with van der Waals surface area (Å²) in [4.78, 5) is 0. The predicted octanol–water partition coefficient (Wildman–Crippen LogP) is 0.863. The zero-order valence-electron chi connectivity index (χ0n) is 5.83. The van der Waals surface area contributed by atoms with E-state index in [1.165, 1.54) is 0 Å². The number of hydrogen-bond acceptors (Lipinski definition) is 0. The van der Waals surface area contributed by atoms with Crippen LogP contribution < -0.4 is 5.59 Å². The van der Waals surface area contributed by atoms with Crippen molar-refractivity contribution in [2.45, 2.75) is 19.9 Å². The minimum atomic E-state index is 0.472. The van der Waals surface area contributed by atoms with Gasteiger partial charge in [0.25, 0.3) is 0 Å². The fraction of sp³-hybridized carbons (Fsp3) is 0.429. The molecule has 1 rings (SSSR count). The van der Waals surface area contributed by atoms with Crippen LogP contribution in [0, 0.1) is 0 Å². The van der Waals surface area contributed by atoms with E-state index in [-0.39, 0.29) is 0 Å². The molecule has 9 heavy (non-hydrogen) atoms. The molecule has 1 aromatic rings. The first-order chi connectivity index (χ1) is 4.22. The summed E-state index contributed by atoms with van der Waals surface area (Å²) < 4.78 is 2.03. The Kier molecular flexibility index (Phi) is 1.65. The lowest BCUT2D eigenvalue weighted by molar-refractivity contribution is 0.618. The minimum absolute atomic E-state index is 0.472. The third-order valence-corrected chi connectivity index (χ3v) is 1.37. The van der Waals surface area contributed by atoms with Gasteiger partial charge < -0.3 is 4.57 Å². The molecule has 46 valence electrons. The van der Waals surface area contributed by atoms with E-state index in [4.69, 9.17) is 7.85 Å². The van der Waals surface area contributed by atoms with E-state index < -0.39 is 0 Å². The van der Waals surface area contributed by atoms with Crippen LogP contribution in [0.25, 0.3) is 0 Å². The Hall–Kier alpha value is -0.655. The number of aromatic nitrogens is 1. The molecule has 0 saturated carbocycles. The molecule has 0 saturated heterocycles. The highest BCUT2D eigenvalue weighted by molar-refractivity contribution is 6.30. The normalized spacial score (nSPS) is 10.6. The van der Waals surface area contributed by atoms with Crippen molar-refractivity contribution in [3.63, 3.8) is 0 Å². The van der Waals surface area contributed by atoms with Gasteiger partial charge in [0, 0.05) is 12.2 Å². The van der Waals surface area contributed by atoms with Gasteiger partial charge in [0.2, 0.25) is 0 Å². The minimum Gasteiger partial charge on any atom is -0.359 e. The van der Waals surface area contributed by atoms with E-state index in [2.05, 4.69) is 13.8 Å². The summed E-state index contributed by atoms with van der Waals surface area (Å²) >= 11 is 0. The van der Waals surface area contributed by atoms with Gasteiger partial charge in [0.15, 0.2) is 0 Å². The molecular formula is C7H10BN. The third kappa shape index (κ3) is 1.18. The van der Waals surface area contributed by atoms with E-state index in [0.717, 1.165) is 5.59 Å². The van der Waals surface area contributed by atoms with Gasteiger partial charge in [-0.25, -0.2) is 0 Å². The second kappa shape index (κ2) is 2.30. The van der Waals surface area contributed by atoms with Gasteiger partial charge in [-0.1, -0.05) is 6.07 Å². The van der Waals surface area contributed by atoms with Crippen molar-refractivity contribution in [1.29, 1.82) is 0 Å². The highest BCUT2D eigenvalue weighted by Crippen LogP contribution is 1.99. The average molecular weight is 119 g/mol. The molecule has 0 bridgehead atoms. The van der Waals surface area contributed by atoms with Crippen LogP contribution in [-0.2, 0) is 0 Å². The first-order valence-electron chi connectivity index (χ1n) is 3.14. The average Bonchev–Trinajstić information content (AvgIpc) is 2.13. The molecule has 1 nitrogen and oxygen atoms in total. The first-order valence-corrected chi connectivity index (χ1v) is 3.14. The van der Waals surface area contributed by atoms with Crippen LogP contribution in [0.1, 0.15) is 19.9 Å². The standard InChI is InChI=1S/C7H10BN/c1-6(2)9-5-3-4-7(9)8/h3-6H,1-2H3.